The largest absolute Gasteiger partial charge is 0.376 e. The van der Waals surface area contributed by atoms with E-state index in [0.29, 0.717) is 11.3 Å². The molecule has 1 fully saturated rings. The topological polar surface area (TPSA) is 90.5 Å². The molecule has 0 bridgehead atoms. The molecule has 0 radical (unpaired) electrons. The summed E-state index contributed by atoms with van der Waals surface area (Å²) >= 11 is 0. The van der Waals surface area contributed by atoms with Crippen LogP contribution in [0.1, 0.15) is 23.2 Å². The molecule has 1 saturated carbocycles. The Morgan fingerprint density at radius 3 is 2.59 bits per heavy atom. The molecule has 4 amide bonds. The molecular formula is C15H20N4O3. The number of urea groups is 1. The first-order valence-electron chi connectivity index (χ1n) is 7.11. The zero-order chi connectivity index (χ0) is 16.1. The second-order valence-electron chi connectivity index (χ2n) is 5.43. The third-order valence-electron chi connectivity index (χ3n) is 3.13. The van der Waals surface area contributed by atoms with Gasteiger partial charge in [-0.2, -0.15) is 0 Å². The van der Waals surface area contributed by atoms with Gasteiger partial charge in [0.15, 0.2) is 0 Å². The van der Waals surface area contributed by atoms with Crippen LogP contribution in [-0.4, -0.2) is 49.4 Å². The first-order chi connectivity index (χ1) is 10.5. The summed E-state index contributed by atoms with van der Waals surface area (Å²) in [5.74, 6) is -0.542. The second-order valence-corrected chi connectivity index (χ2v) is 5.43. The summed E-state index contributed by atoms with van der Waals surface area (Å²) in [6.07, 6.45) is 1.93. The number of hydrogen-bond donors (Lipinski definition) is 3. The third kappa shape index (κ3) is 4.76. The predicted molar refractivity (Wildman–Crippen MR) is 82.6 cm³/mol. The minimum Gasteiger partial charge on any atom is -0.376 e. The quantitative estimate of drug-likeness (QED) is 0.750. The summed E-state index contributed by atoms with van der Waals surface area (Å²) in [5.41, 5.74) is 1.17. The highest BCUT2D eigenvalue weighted by Gasteiger charge is 2.23. The van der Waals surface area contributed by atoms with E-state index in [2.05, 4.69) is 16.0 Å². The Labute approximate surface area is 129 Å². The smallest absolute Gasteiger partial charge is 0.321 e. The standard InChI is InChI=1S/C15H20N4O3/c1-19(2)14(21)10-4-3-5-12(8-10)16-9-13(20)18-15(22)17-11-6-7-11/h3-5,8,11,16H,6-7,9H2,1-2H3,(H2,17,18,20,22). The summed E-state index contributed by atoms with van der Waals surface area (Å²) in [7, 11) is 3.35. The zero-order valence-electron chi connectivity index (χ0n) is 12.7. The lowest BCUT2D eigenvalue weighted by Crippen LogP contribution is -2.42. The summed E-state index contributed by atoms with van der Waals surface area (Å²) in [4.78, 5) is 36.4. The molecule has 0 spiro atoms. The maximum atomic E-state index is 11.9. The second kappa shape index (κ2) is 6.93. The van der Waals surface area contributed by atoms with Crippen molar-refractivity contribution in [3.63, 3.8) is 0 Å². The molecule has 0 atom stereocenters. The molecule has 2 rings (SSSR count). The minimum absolute atomic E-state index is 0.0440. The lowest BCUT2D eigenvalue weighted by Gasteiger charge is -2.12. The van der Waals surface area contributed by atoms with Gasteiger partial charge in [0.1, 0.15) is 0 Å². The number of carbonyl (C=O) groups excluding carboxylic acids is 3. The van der Waals surface area contributed by atoms with Crippen molar-refractivity contribution in [1.82, 2.24) is 15.5 Å². The summed E-state index contributed by atoms with van der Waals surface area (Å²) in [5, 5.41) is 7.81. The minimum atomic E-state index is -0.467. The molecular weight excluding hydrogens is 284 g/mol. The van der Waals surface area contributed by atoms with Gasteiger partial charge in [-0.05, 0) is 31.0 Å². The van der Waals surface area contributed by atoms with Gasteiger partial charge in [-0.3, -0.25) is 14.9 Å². The Balaban J connectivity index is 1.82. The van der Waals surface area contributed by atoms with Crippen LogP contribution in [0, 0.1) is 0 Å². The molecule has 0 heterocycles. The molecule has 0 aliphatic heterocycles. The average Bonchev–Trinajstić information content (AvgIpc) is 3.28. The maximum Gasteiger partial charge on any atom is 0.321 e. The highest BCUT2D eigenvalue weighted by molar-refractivity contribution is 5.97. The molecule has 3 N–H and O–H groups in total. The van der Waals surface area contributed by atoms with Gasteiger partial charge in [-0.1, -0.05) is 6.07 Å². The van der Waals surface area contributed by atoms with E-state index < -0.39 is 11.9 Å². The van der Waals surface area contributed by atoms with E-state index in [1.807, 2.05) is 0 Å². The number of benzene rings is 1. The van der Waals surface area contributed by atoms with Gasteiger partial charge in [0.2, 0.25) is 5.91 Å². The van der Waals surface area contributed by atoms with Crippen molar-refractivity contribution < 1.29 is 14.4 Å². The summed E-state index contributed by atoms with van der Waals surface area (Å²) in [6, 6.07) is 6.59. The van der Waals surface area contributed by atoms with Gasteiger partial charge in [0.05, 0.1) is 6.54 Å². The number of nitrogens with one attached hydrogen (secondary N) is 3. The highest BCUT2D eigenvalue weighted by Crippen LogP contribution is 2.18. The Morgan fingerprint density at radius 2 is 1.95 bits per heavy atom. The molecule has 1 aliphatic rings. The number of hydrogen-bond acceptors (Lipinski definition) is 4. The van der Waals surface area contributed by atoms with Crippen LogP contribution < -0.4 is 16.0 Å². The molecule has 1 aromatic carbocycles. The highest BCUT2D eigenvalue weighted by atomic mass is 16.2. The van der Waals surface area contributed by atoms with E-state index >= 15 is 0 Å². The lowest BCUT2D eigenvalue weighted by molar-refractivity contribution is -0.118. The van der Waals surface area contributed by atoms with Crippen LogP contribution in [-0.2, 0) is 4.79 Å². The number of carbonyl (C=O) groups is 3. The average molecular weight is 304 g/mol. The van der Waals surface area contributed by atoms with Crippen molar-refractivity contribution in [1.29, 1.82) is 0 Å². The van der Waals surface area contributed by atoms with Crippen LogP contribution in [0.15, 0.2) is 24.3 Å². The van der Waals surface area contributed by atoms with E-state index in [1.54, 1.807) is 38.4 Å². The molecule has 118 valence electrons. The summed E-state index contributed by atoms with van der Waals surface area (Å²) < 4.78 is 0. The van der Waals surface area contributed by atoms with Crippen molar-refractivity contribution >= 4 is 23.5 Å². The first kappa shape index (κ1) is 15.8. The molecule has 1 aliphatic carbocycles. The number of amides is 4. The Kier molecular flexibility index (Phi) is 4.98. The SMILES string of the molecule is CN(C)C(=O)c1cccc(NCC(=O)NC(=O)NC2CC2)c1. The van der Waals surface area contributed by atoms with E-state index in [9.17, 15) is 14.4 Å². The Morgan fingerprint density at radius 1 is 1.23 bits per heavy atom. The molecule has 7 heteroatoms. The van der Waals surface area contributed by atoms with Crippen LogP contribution in [0.4, 0.5) is 10.5 Å². The molecule has 22 heavy (non-hydrogen) atoms. The van der Waals surface area contributed by atoms with Crippen molar-refractivity contribution in [3.05, 3.63) is 29.8 Å². The van der Waals surface area contributed by atoms with Crippen LogP contribution in [0.5, 0.6) is 0 Å². The fourth-order valence-corrected chi connectivity index (χ4v) is 1.82. The fourth-order valence-electron chi connectivity index (χ4n) is 1.82. The monoisotopic (exact) mass is 304 g/mol. The predicted octanol–water partition coefficient (Wildman–Crippen LogP) is 0.788. The number of imide groups is 1. The molecule has 1 aromatic rings. The number of rotatable bonds is 5. The summed E-state index contributed by atoms with van der Waals surface area (Å²) in [6.45, 7) is -0.0440. The molecule has 7 nitrogen and oxygen atoms in total. The van der Waals surface area contributed by atoms with Gasteiger partial charge in [0.25, 0.3) is 5.91 Å². The number of nitrogens with zero attached hydrogens (tertiary/aromatic N) is 1. The van der Waals surface area contributed by atoms with Crippen molar-refractivity contribution in [3.8, 4) is 0 Å². The van der Waals surface area contributed by atoms with E-state index in [4.69, 9.17) is 0 Å². The van der Waals surface area contributed by atoms with E-state index in [1.165, 1.54) is 4.90 Å². The van der Waals surface area contributed by atoms with Gasteiger partial charge < -0.3 is 15.5 Å². The van der Waals surface area contributed by atoms with Crippen LogP contribution in [0.2, 0.25) is 0 Å². The molecule has 0 saturated heterocycles. The Bertz CT molecular complexity index is 582. The lowest BCUT2D eigenvalue weighted by atomic mass is 10.2. The van der Waals surface area contributed by atoms with Gasteiger partial charge >= 0.3 is 6.03 Å². The van der Waals surface area contributed by atoms with Crippen molar-refractivity contribution in [2.45, 2.75) is 18.9 Å². The van der Waals surface area contributed by atoms with Crippen LogP contribution in [0.3, 0.4) is 0 Å². The normalized spacial score (nSPS) is 13.2. The first-order valence-corrected chi connectivity index (χ1v) is 7.11. The van der Waals surface area contributed by atoms with Gasteiger partial charge in [-0.15, -0.1) is 0 Å². The van der Waals surface area contributed by atoms with Crippen LogP contribution >= 0.6 is 0 Å². The maximum absolute atomic E-state index is 11.9. The zero-order valence-corrected chi connectivity index (χ0v) is 12.7. The van der Waals surface area contributed by atoms with E-state index in [0.717, 1.165) is 12.8 Å². The van der Waals surface area contributed by atoms with Gasteiger partial charge in [0, 0.05) is 31.4 Å². The van der Waals surface area contributed by atoms with Gasteiger partial charge in [-0.25, -0.2) is 4.79 Å². The van der Waals surface area contributed by atoms with Crippen molar-refractivity contribution in [2.75, 3.05) is 26.0 Å². The fraction of sp³-hybridized carbons (Fsp3) is 0.400. The third-order valence-corrected chi connectivity index (χ3v) is 3.13. The molecule has 0 aromatic heterocycles. The number of anilines is 1. The van der Waals surface area contributed by atoms with Crippen LogP contribution in [0.25, 0.3) is 0 Å². The van der Waals surface area contributed by atoms with E-state index in [-0.39, 0.29) is 18.5 Å². The molecule has 0 unspecified atom stereocenters. The Hall–Kier alpha value is -2.57. The van der Waals surface area contributed by atoms with Crippen molar-refractivity contribution in [2.24, 2.45) is 0 Å².